The molecule has 0 radical (unpaired) electrons. The minimum atomic E-state index is -0.893. The minimum Gasteiger partial charge on any atom is -0.478 e. The highest BCUT2D eigenvalue weighted by Gasteiger charge is 2.29. The van der Waals surface area contributed by atoms with Crippen molar-refractivity contribution in [2.24, 2.45) is 5.92 Å². The fourth-order valence-corrected chi connectivity index (χ4v) is 3.77. The van der Waals surface area contributed by atoms with Crippen LogP contribution in [0.5, 0.6) is 0 Å². The lowest BCUT2D eigenvalue weighted by atomic mass is 9.88. The lowest BCUT2D eigenvalue weighted by molar-refractivity contribution is -0.00857. The maximum atomic E-state index is 13.1. The number of likely N-dealkylation sites (tertiary alicyclic amines) is 1. The molecule has 4 nitrogen and oxygen atoms in total. The number of carbonyl (C=O) groups is 1. The highest BCUT2D eigenvalue weighted by atomic mass is 19.1. The number of piperidine rings is 1. The number of methoxy groups -OCH3 is 1. The lowest BCUT2D eigenvalue weighted by Gasteiger charge is -2.38. The molecule has 0 aliphatic carbocycles. The summed E-state index contributed by atoms with van der Waals surface area (Å²) in [6, 6.07) is 13.8. The molecule has 26 heavy (non-hydrogen) atoms. The zero-order chi connectivity index (χ0) is 18.5. The number of hydrogen-bond donors (Lipinski definition) is 1. The Kier molecular flexibility index (Phi) is 6.01. The van der Waals surface area contributed by atoms with Crippen molar-refractivity contribution in [2.45, 2.75) is 25.5 Å². The molecule has 5 heteroatoms. The molecular weight excluding hydrogens is 333 g/mol. The summed E-state index contributed by atoms with van der Waals surface area (Å²) in [4.78, 5) is 13.7. The standard InChI is InChI=1S/C21H24FNO3/c1-26-20-10-11-23(13-16-4-2-3-5-19(16)21(24)25)14-17(20)12-15-6-8-18(22)9-7-15/h2-9,17,20H,10-14H2,1H3,(H,24,25)/t17-,20+/m1/s1. The van der Waals surface area contributed by atoms with Crippen LogP contribution in [0.1, 0.15) is 27.9 Å². The van der Waals surface area contributed by atoms with E-state index in [0.29, 0.717) is 12.1 Å². The van der Waals surface area contributed by atoms with Gasteiger partial charge in [-0.05, 0) is 42.2 Å². The van der Waals surface area contributed by atoms with Gasteiger partial charge in [-0.3, -0.25) is 4.90 Å². The number of ether oxygens (including phenoxy) is 1. The minimum absolute atomic E-state index is 0.158. The Morgan fingerprint density at radius 1 is 1.23 bits per heavy atom. The molecule has 0 amide bonds. The Bertz CT molecular complexity index is 747. The Labute approximate surface area is 153 Å². The average molecular weight is 357 g/mol. The topological polar surface area (TPSA) is 49.8 Å². The van der Waals surface area contributed by atoms with E-state index in [-0.39, 0.29) is 17.8 Å². The third-order valence-corrected chi connectivity index (χ3v) is 5.10. The molecule has 1 fully saturated rings. The van der Waals surface area contributed by atoms with E-state index in [1.54, 1.807) is 19.2 Å². The molecule has 0 saturated carbocycles. The monoisotopic (exact) mass is 357 g/mol. The first kappa shape index (κ1) is 18.5. The van der Waals surface area contributed by atoms with E-state index in [4.69, 9.17) is 4.74 Å². The predicted octanol–water partition coefficient (Wildman–Crippen LogP) is 3.60. The summed E-state index contributed by atoms with van der Waals surface area (Å²) < 4.78 is 18.8. The molecule has 1 aliphatic rings. The van der Waals surface area contributed by atoms with Gasteiger partial charge in [0.2, 0.25) is 0 Å². The summed E-state index contributed by atoms with van der Waals surface area (Å²) in [5.74, 6) is -0.834. The maximum Gasteiger partial charge on any atom is 0.336 e. The highest BCUT2D eigenvalue weighted by molar-refractivity contribution is 5.89. The van der Waals surface area contributed by atoms with Crippen molar-refractivity contribution < 1.29 is 19.0 Å². The summed E-state index contributed by atoms with van der Waals surface area (Å²) >= 11 is 0. The Hall–Kier alpha value is -2.24. The van der Waals surface area contributed by atoms with Gasteiger partial charge < -0.3 is 9.84 Å². The first-order valence-electron chi connectivity index (χ1n) is 8.87. The van der Waals surface area contributed by atoms with E-state index in [1.807, 2.05) is 24.3 Å². The second kappa shape index (κ2) is 8.43. The number of benzene rings is 2. The third-order valence-electron chi connectivity index (χ3n) is 5.10. The maximum absolute atomic E-state index is 13.1. The molecule has 1 heterocycles. The molecule has 138 valence electrons. The van der Waals surface area contributed by atoms with Crippen LogP contribution in [0.2, 0.25) is 0 Å². The van der Waals surface area contributed by atoms with Crippen molar-refractivity contribution in [1.29, 1.82) is 0 Å². The first-order valence-corrected chi connectivity index (χ1v) is 8.87. The van der Waals surface area contributed by atoms with E-state index in [0.717, 1.165) is 37.1 Å². The van der Waals surface area contributed by atoms with E-state index < -0.39 is 5.97 Å². The molecule has 2 aromatic rings. The smallest absolute Gasteiger partial charge is 0.336 e. The Morgan fingerprint density at radius 3 is 2.65 bits per heavy atom. The number of carboxylic acids is 1. The van der Waals surface area contributed by atoms with Crippen molar-refractivity contribution >= 4 is 5.97 Å². The molecule has 2 atom stereocenters. The second-order valence-electron chi connectivity index (χ2n) is 6.85. The number of hydrogen-bond acceptors (Lipinski definition) is 3. The number of nitrogens with zero attached hydrogens (tertiary/aromatic N) is 1. The molecule has 0 bridgehead atoms. The zero-order valence-corrected chi connectivity index (χ0v) is 14.9. The zero-order valence-electron chi connectivity index (χ0n) is 14.9. The molecule has 0 spiro atoms. The van der Waals surface area contributed by atoms with Crippen LogP contribution < -0.4 is 0 Å². The molecule has 1 N–H and O–H groups in total. The van der Waals surface area contributed by atoms with E-state index in [9.17, 15) is 14.3 Å². The van der Waals surface area contributed by atoms with Gasteiger partial charge in [-0.25, -0.2) is 9.18 Å². The number of halogens is 1. The highest BCUT2D eigenvalue weighted by Crippen LogP contribution is 2.25. The van der Waals surface area contributed by atoms with Crippen molar-refractivity contribution in [2.75, 3.05) is 20.2 Å². The largest absolute Gasteiger partial charge is 0.478 e. The molecule has 1 saturated heterocycles. The lowest BCUT2D eigenvalue weighted by Crippen LogP contribution is -2.44. The summed E-state index contributed by atoms with van der Waals surface area (Å²) in [6.07, 6.45) is 1.87. The van der Waals surface area contributed by atoms with Crippen LogP contribution in [0.4, 0.5) is 4.39 Å². The van der Waals surface area contributed by atoms with Crippen molar-refractivity contribution in [3.63, 3.8) is 0 Å². The predicted molar refractivity (Wildman–Crippen MR) is 97.7 cm³/mol. The molecule has 3 rings (SSSR count). The number of rotatable bonds is 6. The van der Waals surface area contributed by atoms with E-state index >= 15 is 0 Å². The van der Waals surface area contributed by atoms with Gasteiger partial charge in [0.05, 0.1) is 11.7 Å². The summed E-state index contributed by atoms with van der Waals surface area (Å²) in [7, 11) is 1.73. The fourth-order valence-electron chi connectivity index (χ4n) is 3.77. The van der Waals surface area contributed by atoms with Gasteiger partial charge >= 0.3 is 5.97 Å². The second-order valence-corrected chi connectivity index (χ2v) is 6.85. The third kappa shape index (κ3) is 4.48. The van der Waals surface area contributed by atoms with Crippen LogP contribution in [0.15, 0.2) is 48.5 Å². The fraction of sp³-hybridized carbons (Fsp3) is 0.381. The van der Waals surface area contributed by atoms with Crippen LogP contribution in [0, 0.1) is 11.7 Å². The molecule has 0 unspecified atom stereocenters. The van der Waals surface area contributed by atoms with Crippen LogP contribution in [-0.2, 0) is 17.7 Å². The van der Waals surface area contributed by atoms with Crippen molar-refractivity contribution in [1.82, 2.24) is 4.90 Å². The average Bonchev–Trinajstić information content (AvgIpc) is 2.64. The van der Waals surface area contributed by atoms with Gasteiger partial charge in [-0.2, -0.15) is 0 Å². The molecule has 1 aliphatic heterocycles. The van der Waals surface area contributed by atoms with Gasteiger partial charge in [0.15, 0.2) is 0 Å². The summed E-state index contributed by atoms with van der Waals surface area (Å²) in [5.41, 5.74) is 2.28. The van der Waals surface area contributed by atoms with Crippen molar-refractivity contribution in [3.05, 3.63) is 71.0 Å². The normalized spacial score (nSPS) is 20.8. The van der Waals surface area contributed by atoms with Crippen LogP contribution in [0.3, 0.4) is 0 Å². The van der Waals surface area contributed by atoms with Gasteiger partial charge in [-0.1, -0.05) is 30.3 Å². The number of carboxylic acid groups (broad SMARTS) is 1. The first-order chi connectivity index (χ1) is 12.6. The SMILES string of the molecule is CO[C@H]1CCN(Cc2ccccc2C(=O)O)C[C@H]1Cc1ccc(F)cc1. The van der Waals surface area contributed by atoms with Crippen molar-refractivity contribution in [3.8, 4) is 0 Å². The van der Waals surface area contributed by atoms with E-state index in [1.165, 1.54) is 12.1 Å². The number of aromatic carboxylic acids is 1. The van der Waals surface area contributed by atoms with Gasteiger partial charge in [0.1, 0.15) is 5.82 Å². The van der Waals surface area contributed by atoms with Crippen LogP contribution >= 0.6 is 0 Å². The van der Waals surface area contributed by atoms with Crippen LogP contribution in [0.25, 0.3) is 0 Å². The Morgan fingerprint density at radius 2 is 1.96 bits per heavy atom. The van der Waals surface area contributed by atoms with Gasteiger partial charge in [0.25, 0.3) is 0 Å². The quantitative estimate of drug-likeness (QED) is 0.858. The molecular formula is C21H24FNO3. The Balaban J connectivity index is 1.71. The van der Waals surface area contributed by atoms with Gasteiger partial charge in [-0.15, -0.1) is 0 Å². The van der Waals surface area contributed by atoms with Crippen LogP contribution in [-0.4, -0.2) is 42.3 Å². The van der Waals surface area contributed by atoms with E-state index in [2.05, 4.69) is 4.90 Å². The molecule has 2 aromatic carbocycles. The summed E-state index contributed by atoms with van der Waals surface area (Å²) in [5, 5.41) is 9.38. The summed E-state index contributed by atoms with van der Waals surface area (Å²) in [6.45, 7) is 2.30. The van der Waals surface area contributed by atoms with Gasteiger partial charge in [0, 0.05) is 32.7 Å². The molecule has 0 aromatic heterocycles.